The van der Waals surface area contributed by atoms with Crippen molar-refractivity contribution in [3.05, 3.63) is 39.2 Å². The van der Waals surface area contributed by atoms with E-state index in [0.29, 0.717) is 5.69 Å². The number of aromatic nitrogens is 1. The van der Waals surface area contributed by atoms with E-state index in [4.69, 9.17) is 5.73 Å². The number of hydrogen-bond acceptors (Lipinski definition) is 4. The Morgan fingerprint density at radius 3 is 2.59 bits per heavy atom. The number of nitrogen functional groups attached to an aromatic ring is 1. The van der Waals surface area contributed by atoms with Gasteiger partial charge in [-0.2, -0.15) is 0 Å². The van der Waals surface area contributed by atoms with Gasteiger partial charge in [-0.15, -0.1) is 11.3 Å². The Bertz CT molecular complexity index is 512. The maximum atomic E-state index is 5.67. The van der Waals surface area contributed by atoms with Crippen molar-refractivity contribution in [3.63, 3.8) is 0 Å². The lowest BCUT2D eigenvalue weighted by atomic mass is 10.2. The average molecular weight is 247 g/mol. The van der Waals surface area contributed by atoms with Crippen LogP contribution in [0.15, 0.2) is 18.3 Å². The first-order chi connectivity index (χ1) is 8.06. The summed E-state index contributed by atoms with van der Waals surface area (Å²) in [6, 6.07) is 4.15. The molecule has 0 aromatic carbocycles. The Morgan fingerprint density at radius 2 is 2.00 bits per heavy atom. The minimum Gasteiger partial charge on any atom is -0.397 e. The molecule has 2 aromatic heterocycles. The van der Waals surface area contributed by atoms with Crippen LogP contribution in [0.4, 0.5) is 11.5 Å². The zero-order valence-electron chi connectivity index (χ0n) is 10.4. The highest BCUT2D eigenvalue weighted by Crippen LogP contribution is 2.22. The summed E-state index contributed by atoms with van der Waals surface area (Å²) in [5, 5.41) is 3.34. The second kappa shape index (κ2) is 4.75. The molecule has 3 nitrogen and oxygen atoms in total. The molecule has 17 heavy (non-hydrogen) atoms. The maximum Gasteiger partial charge on any atom is 0.129 e. The molecular formula is C13H17N3S. The van der Waals surface area contributed by atoms with Crippen molar-refractivity contribution in [2.45, 2.75) is 27.3 Å². The molecule has 0 saturated carbocycles. The van der Waals surface area contributed by atoms with E-state index in [9.17, 15) is 0 Å². The first kappa shape index (κ1) is 11.9. The van der Waals surface area contributed by atoms with Crippen LogP contribution in [-0.4, -0.2) is 4.98 Å². The topological polar surface area (TPSA) is 50.9 Å². The van der Waals surface area contributed by atoms with E-state index < -0.39 is 0 Å². The second-order valence-electron chi connectivity index (χ2n) is 4.24. The van der Waals surface area contributed by atoms with Crippen LogP contribution >= 0.6 is 11.3 Å². The van der Waals surface area contributed by atoms with E-state index in [2.05, 4.69) is 30.2 Å². The van der Waals surface area contributed by atoms with Crippen molar-refractivity contribution >= 4 is 22.8 Å². The summed E-state index contributed by atoms with van der Waals surface area (Å²) in [6.45, 7) is 7.12. The monoisotopic (exact) mass is 247 g/mol. The lowest BCUT2D eigenvalue weighted by Gasteiger charge is -2.07. The summed E-state index contributed by atoms with van der Waals surface area (Å²) in [4.78, 5) is 7.00. The molecule has 0 amide bonds. The van der Waals surface area contributed by atoms with Crippen molar-refractivity contribution in [1.29, 1.82) is 0 Å². The van der Waals surface area contributed by atoms with Crippen LogP contribution in [0.1, 0.15) is 20.9 Å². The first-order valence-corrected chi connectivity index (χ1v) is 6.40. The Balaban J connectivity index is 2.07. The molecular weight excluding hydrogens is 230 g/mol. The van der Waals surface area contributed by atoms with Crippen molar-refractivity contribution in [2.75, 3.05) is 11.1 Å². The zero-order chi connectivity index (χ0) is 12.4. The number of nitrogens with one attached hydrogen (secondary N) is 1. The molecule has 2 heterocycles. The highest BCUT2D eigenvalue weighted by atomic mass is 32.1. The Hall–Kier alpha value is -1.55. The molecule has 0 fully saturated rings. The normalized spacial score (nSPS) is 10.5. The number of aryl methyl sites for hydroxylation is 3. The molecule has 0 saturated heterocycles. The van der Waals surface area contributed by atoms with E-state index in [-0.39, 0.29) is 0 Å². The summed E-state index contributed by atoms with van der Waals surface area (Å²) in [5.41, 5.74) is 8.81. The minimum absolute atomic E-state index is 0.705. The van der Waals surface area contributed by atoms with Crippen LogP contribution in [0.5, 0.6) is 0 Å². The number of nitrogens with zero attached hydrogens (tertiary/aromatic N) is 1. The molecule has 0 spiro atoms. The van der Waals surface area contributed by atoms with Crippen LogP contribution in [-0.2, 0) is 6.54 Å². The van der Waals surface area contributed by atoms with Crippen molar-refractivity contribution in [3.8, 4) is 0 Å². The fraction of sp³-hybridized carbons (Fsp3) is 0.308. The van der Waals surface area contributed by atoms with Gasteiger partial charge < -0.3 is 11.1 Å². The highest BCUT2D eigenvalue weighted by molar-refractivity contribution is 7.12. The fourth-order valence-electron chi connectivity index (χ4n) is 1.69. The fourth-order valence-corrected chi connectivity index (χ4v) is 2.68. The van der Waals surface area contributed by atoms with Gasteiger partial charge in [-0.25, -0.2) is 4.98 Å². The molecule has 0 atom stereocenters. The molecule has 0 bridgehead atoms. The van der Waals surface area contributed by atoms with E-state index in [1.54, 1.807) is 6.20 Å². The zero-order valence-corrected chi connectivity index (χ0v) is 11.2. The number of thiophene rings is 1. The molecule has 0 aliphatic heterocycles. The summed E-state index contributed by atoms with van der Waals surface area (Å²) < 4.78 is 0. The predicted octanol–water partition coefficient (Wildman–Crippen LogP) is 3.26. The quantitative estimate of drug-likeness (QED) is 0.875. The smallest absolute Gasteiger partial charge is 0.129 e. The maximum absolute atomic E-state index is 5.67. The van der Waals surface area contributed by atoms with Gasteiger partial charge in [-0.1, -0.05) is 0 Å². The van der Waals surface area contributed by atoms with Gasteiger partial charge in [-0.3, -0.25) is 0 Å². The lowest BCUT2D eigenvalue weighted by Crippen LogP contribution is -2.02. The van der Waals surface area contributed by atoms with Gasteiger partial charge in [0, 0.05) is 9.75 Å². The van der Waals surface area contributed by atoms with E-state index >= 15 is 0 Å². The summed E-state index contributed by atoms with van der Waals surface area (Å²) >= 11 is 1.83. The van der Waals surface area contributed by atoms with Crippen LogP contribution in [0, 0.1) is 20.8 Å². The van der Waals surface area contributed by atoms with Gasteiger partial charge in [0.1, 0.15) is 5.82 Å². The van der Waals surface area contributed by atoms with Gasteiger partial charge in [-0.05, 0) is 44.0 Å². The third kappa shape index (κ3) is 2.77. The number of pyridine rings is 1. The number of nitrogens with two attached hydrogens (primary N) is 1. The third-order valence-electron chi connectivity index (χ3n) is 2.75. The molecule has 2 rings (SSSR count). The molecule has 0 aliphatic rings. The molecule has 3 N–H and O–H groups in total. The van der Waals surface area contributed by atoms with Crippen LogP contribution in [0.25, 0.3) is 0 Å². The SMILES string of the molecule is Cc1cc(N)cnc1NCc1cc(C)c(C)s1. The number of hydrogen-bond donors (Lipinski definition) is 2. The van der Waals surface area contributed by atoms with E-state index in [0.717, 1.165) is 17.9 Å². The van der Waals surface area contributed by atoms with Crippen molar-refractivity contribution in [1.82, 2.24) is 4.98 Å². The van der Waals surface area contributed by atoms with Crippen LogP contribution < -0.4 is 11.1 Å². The summed E-state index contributed by atoms with van der Waals surface area (Å²) in [6.07, 6.45) is 1.68. The molecule has 0 aliphatic carbocycles. The molecule has 0 radical (unpaired) electrons. The minimum atomic E-state index is 0.705. The molecule has 2 aromatic rings. The van der Waals surface area contributed by atoms with Crippen LogP contribution in [0.2, 0.25) is 0 Å². The number of rotatable bonds is 3. The molecule has 4 heteroatoms. The number of anilines is 2. The molecule has 90 valence electrons. The standard InChI is InChI=1S/C13H17N3S/c1-8-5-12(17-10(8)3)7-16-13-9(2)4-11(14)6-15-13/h4-6H,7,14H2,1-3H3,(H,15,16). The van der Waals surface area contributed by atoms with Gasteiger partial charge in [0.05, 0.1) is 18.4 Å². The summed E-state index contributed by atoms with van der Waals surface area (Å²) in [7, 11) is 0. The van der Waals surface area contributed by atoms with E-state index in [1.165, 1.54) is 15.3 Å². The highest BCUT2D eigenvalue weighted by Gasteiger charge is 2.03. The summed E-state index contributed by atoms with van der Waals surface area (Å²) in [5.74, 6) is 0.905. The van der Waals surface area contributed by atoms with Gasteiger partial charge in [0.2, 0.25) is 0 Å². The third-order valence-corrected chi connectivity index (χ3v) is 3.90. The predicted molar refractivity (Wildman–Crippen MR) is 74.5 cm³/mol. The van der Waals surface area contributed by atoms with Gasteiger partial charge in [0.25, 0.3) is 0 Å². The molecule has 0 unspecified atom stereocenters. The van der Waals surface area contributed by atoms with Crippen molar-refractivity contribution in [2.24, 2.45) is 0 Å². The Labute approximate surface area is 106 Å². The van der Waals surface area contributed by atoms with Gasteiger partial charge >= 0.3 is 0 Å². The van der Waals surface area contributed by atoms with Gasteiger partial charge in [0.15, 0.2) is 0 Å². The first-order valence-electron chi connectivity index (χ1n) is 5.58. The van der Waals surface area contributed by atoms with E-state index in [1.807, 2.05) is 24.3 Å². The van der Waals surface area contributed by atoms with Crippen molar-refractivity contribution < 1.29 is 0 Å². The largest absolute Gasteiger partial charge is 0.397 e. The lowest BCUT2D eigenvalue weighted by molar-refractivity contribution is 1.12. The Kier molecular flexibility index (Phi) is 3.33. The Morgan fingerprint density at radius 1 is 1.24 bits per heavy atom. The second-order valence-corrected chi connectivity index (χ2v) is 5.58. The van der Waals surface area contributed by atoms with Crippen LogP contribution in [0.3, 0.4) is 0 Å². The average Bonchev–Trinajstić information content (AvgIpc) is 2.57.